The van der Waals surface area contributed by atoms with Crippen LogP contribution in [-0.2, 0) is 0 Å². The van der Waals surface area contributed by atoms with Gasteiger partial charge < -0.3 is 5.32 Å². The Morgan fingerprint density at radius 1 is 1.43 bits per heavy atom. The van der Waals surface area contributed by atoms with Crippen molar-refractivity contribution in [2.75, 3.05) is 5.32 Å². The van der Waals surface area contributed by atoms with Gasteiger partial charge in [-0.2, -0.15) is 4.39 Å². The number of nitrogens with one attached hydrogen (secondary N) is 1. The molecule has 1 N–H and O–H groups in total. The van der Waals surface area contributed by atoms with Crippen LogP contribution in [0.2, 0.25) is 5.02 Å². The van der Waals surface area contributed by atoms with Gasteiger partial charge in [-0.25, -0.2) is 0 Å². The molecule has 1 amide bonds. The van der Waals surface area contributed by atoms with Crippen molar-refractivity contribution in [3.05, 3.63) is 62.7 Å². The lowest BCUT2D eigenvalue weighted by Crippen LogP contribution is -2.13. The highest BCUT2D eigenvalue weighted by Crippen LogP contribution is 2.23. The van der Waals surface area contributed by atoms with Crippen molar-refractivity contribution in [2.24, 2.45) is 0 Å². The minimum atomic E-state index is -0.979. The number of carbonyl (C=O) groups excluding carboxylic acids is 1. The van der Waals surface area contributed by atoms with E-state index in [0.717, 1.165) is 12.1 Å². The van der Waals surface area contributed by atoms with Gasteiger partial charge in [0.2, 0.25) is 5.82 Å². The third-order valence-corrected chi connectivity index (χ3v) is 2.95. The predicted molar refractivity (Wildman–Crippen MR) is 75.0 cm³/mol. The summed E-state index contributed by atoms with van der Waals surface area (Å²) >= 11 is 5.93. The van der Waals surface area contributed by atoms with E-state index in [1.54, 1.807) is 6.92 Å². The highest BCUT2D eigenvalue weighted by molar-refractivity contribution is 6.34. The molecule has 0 aliphatic rings. The van der Waals surface area contributed by atoms with Crippen LogP contribution < -0.4 is 5.32 Å². The van der Waals surface area contributed by atoms with Crippen LogP contribution in [0, 0.1) is 22.9 Å². The van der Waals surface area contributed by atoms with E-state index in [1.165, 1.54) is 18.3 Å². The fourth-order valence-electron chi connectivity index (χ4n) is 1.62. The van der Waals surface area contributed by atoms with Crippen LogP contribution in [0.25, 0.3) is 0 Å². The summed E-state index contributed by atoms with van der Waals surface area (Å²) in [6.45, 7) is 1.72. The first kappa shape index (κ1) is 14.9. The maximum Gasteiger partial charge on any atom is 0.306 e. The molecule has 1 aromatic heterocycles. The zero-order valence-corrected chi connectivity index (χ0v) is 11.5. The SMILES string of the molecule is Cc1cc(Cl)c(C(=O)Nc2ccc(F)c([N+](=O)[O-])c2)cn1. The van der Waals surface area contributed by atoms with E-state index in [0.29, 0.717) is 5.69 Å². The normalized spacial score (nSPS) is 10.2. The van der Waals surface area contributed by atoms with E-state index in [9.17, 15) is 19.3 Å². The van der Waals surface area contributed by atoms with Gasteiger partial charge in [0, 0.05) is 23.6 Å². The van der Waals surface area contributed by atoms with Crippen molar-refractivity contribution < 1.29 is 14.1 Å². The number of halogens is 2. The van der Waals surface area contributed by atoms with Crippen molar-refractivity contribution >= 4 is 28.9 Å². The summed E-state index contributed by atoms with van der Waals surface area (Å²) in [4.78, 5) is 25.7. The number of benzene rings is 1. The number of nitro groups is 1. The number of hydrogen-bond donors (Lipinski definition) is 1. The van der Waals surface area contributed by atoms with E-state index >= 15 is 0 Å². The van der Waals surface area contributed by atoms with Gasteiger partial charge in [0.25, 0.3) is 5.91 Å². The molecule has 6 nitrogen and oxygen atoms in total. The Morgan fingerprint density at radius 3 is 2.76 bits per heavy atom. The third kappa shape index (κ3) is 3.32. The molecular formula is C13H9ClFN3O3. The molecule has 21 heavy (non-hydrogen) atoms. The van der Waals surface area contributed by atoms with Crippen LogP contribution in [0.3, 0.4) is 0 Å². The Hall–Kier alpha value is -2.54. The number of anilines is 1. The number of amides is 1. The highest BCUT2D eigenvalue weighted by Gasteiger charge is 2.17. The quantitative estimate of drug-likeness (QED) is 0.696. The minimum Gasteiger partial charge on any atom is -0.322 e. The molecule has 1 aromatic carbocycles. The molecule has 0 saturated carbocycles. The minimum absolute atomic E-state index is 0.0877. The fourth-order valence-corrected chi connectivity index (χ4v) is 1.91. The zero-order valence-electron chi connectivity index (χ0n) is 10.8. The lowest BCUT2D eigenvalue weighted by Gasteiger charge is -2.07. The van der Waals surface area contributed by atoms with Crippen molar-refractivity contribution in [3.63, 3.8) is 0 Å². The molecular weight excluding hydrogens is 301 g/mol. The molecule has 8 heteroatoms. The van der Waals surface area contributed by atoms with Crippen LogP contribution in [-0.4, -0.2) is 15.8 Å². The molecule has 0 bridgehead atoms. The first-order chi connectivity index (χ1) is 9.88. The van der Waals surface area contributed by atoms with E-state index in [4.69, 9.17) is 11.6 Å². The van der Waals surface area contributed by atoms with Gasteiger partial charge in [0.1, 0.15) is 0 Å². The summed E-state index contributed by atoms with van der Waals surface area (Å²) in [6.07, 6.45) is 1.30. The average molecular weight is 310 g/mol. The number of nitro benzene ring substituents is 1. The Bertz CT molecular complexity index is 737. The van der Waals surface area contributed by atoms with Gasteiger partial charge in [0.15, 0.2) is 0 Å². The number of pyridine rings is 1. The maximum absolute atomic E-state index is 13.2. The Kier molecular flexibility index (Phi) is 4.13. The average Bonchev–Trinajstić information content (AvgIpc) is 2.40. The van der Waals surface area contributed by atoms with E-state index < -0.39 is 22.3 Å². The van der Waals surface area contributed by atoms with E-state index in [1.807, 2.05) is 0 Å². The third-order valence-electron chi connectivity index (χ3n) is 2.64. The summed E-state index contributed by atoms with van der Waals surface area (Å²) in [5.74, 6) is -1.57. The highest BCUT2D eigenvalue weighted by atomic mass is 35.5. The monoisotopic (exact) mass is 309 g/mol. The molecule has 0 unspecified atom stereocenters. The van der Waals surface area contributed by atoms with Gasteiger partial charge >= 0.3 is 5.69 Å². The number of aryl methyl sites for hydroxylation is 1. The van der Waals surface area contributed by atoms with Crippen LogP contribution in [0.4, 0.5) is 15.8 Å². The largest absolute Gasteiger partial charge is 0.322 e. The Morgan fingerprint density at radius 2 is 2.14 bits per heavy atom. The molecule has 2 rings (SSSR count). The van der Waals surface area contributed by atoms with Gasteiger partial charge in [-0.1, -0.05) is 11.6 Å². The number of nitrogens with zero attached hydrogens (tertiary/aromatic N) is 2. The van der Waals surface area contributed by atoms with Crippen molar-refractivity contribution in [1.82, 2.24) is 4.98 Å². The molecule has 0 spiro atoms. The number of carbonyl (C=O) groups is 1. The number of aromatic nitrogens is 1. The number of rotatable bonds is 3. The lowest BCUT2D eigenvalue weighted by molar-refractivity contribution is -0.387. The summed E-state index contributed by atoms with van der Waals surface area (Å²) in [6, 6.07) is 4.57. The van der Waals surface area contributed by atoms with Crippen LogP contribution in [0.5, 0.6) is 0 Å². The van der Waals surface area contributed by atoms with Crippen molar-refractivity contribution in [1.29, 1.82) is 0 Å². The molecule has 2 aromatic rings. The predicted octanol–water partition coefficient (Wildman–Crippen LogP) is 3.34. The van der Waals surface area contributed by atoms with Gasteiger partial charge in [0.05, 0.1) is 15.5 Å². The molecule has 108 valence electrons. The smallest absolute Gasteiger partial charge is 0.306 e. The first-order valence-corrected chi connectivity index (χ1v) is 6.13. The molecule has 1 heterocycles. The summed E-state index contributed by atoms with van der Waals surface area (Å²) in [5, 5.41) is 13.3. The second-order valence-corrected chi connectivity index (χ2v) is 4.59. The second kappa shape index (κ2) is 5.84. The fraction of sp³-hybridized carbons (Fsp3) is 0.0769. The summed E-state index contributed by atoms with van der Waals surface area (Å²) < 4.78 is 13.2. The maximum atomic E-state index is 13.2. The summed E-state index contributed by atoms with van der Waals surface area (Å²) in [7, 11) is 0. The second-order valence-electron chi connectivity index (χ2n) is 4.18. The standard InChI is InChI=1S/C13H9ClFN3O3/c1-7-4-10(14)9(6-16-7)13(19)17-8-2-3-11(15)12(5-8)18(20)21/h2-6H,1H3,(H,17,19). The topological polar surface area (TPSA) is 85.1 Å². The molecule has 0 fully saturated rings. The molecule has 0 aliphatic carbocycles. The number of hydrogen-bond acceptors (Lipinski definition) is 4. The van der Waals surface area contributed by atoms with Gasteiger partial charge in [-0.3, -0.25) is 19.9 Å². The molecule has 0 saturated heterocycles. The van der Waals surface area contributed by atoms with Crippen molar-refractivity contribution in [3.8, 4) is 0 Å². The van der Waals surface area contributed by atoms with Crippen LogP contribution in [0.15, 0.2) is 30.5 Å². The van der Waals surface area contributed by atoms with Crippen LogP contribution in [0.1, 0.15) is 16.1 Å². The van der Waals surface area contributed by atoms with Crippen LogP contribution >= 0.6 is 11.6 Å². The lowest BCUT2D eigenvalue weighted by atomic mass is 10.2. The summed E-state index contributed by atoms with van der Waals surface area (Å²) in [5.41, 5.74) is 0.133. The molecule has 0 atom stereocenters. The van der Waals surface area contributed by atoms with Crippen molar-refractivity contribution in [2.45, 2.75) is 6.92 Å². The molecule has 0 aliphatic heterocycles. The first-order valence-electron chi connectivity index (χ1n) is 5.76. The van der Waals surface area contributed by atoms with E-state index in [-0.39, 0.29) is 16.3 Å². The Balaban J connectivity index is 2.27. The van der Waals surface area contributed by atoms with Gasteiger partial charge in [-0.15, -0.1) is 0 Å². The van der Waals surface area contributed by atoms with E-state index in [2.05, 4.69) is 10.3 Å². The Labute approximate surface area is 123 Å². The molecule has 0 radical (unpaired) electrons. The van der Waals surface area contributed by atoms with Gasteiger partial charge in [-0.05, 0) is 25.1 Å². The zero-order chi connectivity index (χ0) is 15.6.